The first-order valence-corrected chi connectivity index (χ1v) is 9.17. The van der Waals surface area contributed by atoms with Crippen molar-refractivity contribution in [3.05, 3.63) is 34.3 Å². The van der Waals surface area contributed by atoms with Crippen molar-refractivity contribution < 1.29 is 4.79 Å². The number of nitrogens with zero attached hydrogens (tertiary/aromatic N) is 6. The average molecular weight is 344 g/mol. The van der Waals surface area contributed by atoms with E-state index < -0.39 is 0 Å². The third-order valence-corrected chi connectivity index (χ3v) is 5.27. The van der Waals surface area contributed by atoms with Gasteiger partial charge in [-0.1, -0.05) is 6.07 Å². The largest absolute Gasteiger partial charge is 0.337 e. The molecule has 1 saturated heterocycles. The van der Waals surface area contributed by atoms with Gasteiger partial charge in [-0.05, 0) is 40.8 Å². The van der Waals surface area contributed by atoms with Gasteiger partial charge in [0.05, 0.1) is 12.6 Å². The van der Waals surface area contributed by atoms with Crippen LogP contribution in [0.15, 0.2) is 23.6 Å². The Balaban J connectivity index is 1.28. The Labute approximate surface area is 144 Å². The normalized spacial score (nSPS) is 19.2. The zero-order valence-electron chi connectivity index (χ0n) is 13.4. The molecule has 24 heavy (non-hydrogen) atoms. The first-order valence-electron chi connectivity index (χ1n) is 8.29. The summed E-state index contributed by atoms with van der Waals surface area (Å²) < 4.78 is 1.96. The summed E-state index contributed by atoms with van der Waals surface area (Å²) in [6.07, 6.45) is 5.92. The molecule has 0 atom stereocenters. The summed E-state index contributed by atoms with van der Waals surface area (Å²) in [6.45, 7) is 3.97. The monoisotopic (exact) mass is 344 g/mol. The third kappa shape index (κ3) is 3.54. The number of rotatable bonds is 5. The highest BCUT2D eigenvalue weighted by atomic mass is 32.1. The lowest BCUT2D eigenvalue weighted by molar-refractivity contribution is -0.127. The maximum absolute atomic E-state index is 12.3. The summed E-state index contributed by atoms with van der Waals surface area (Å²) in [5, 5.41) is 14.1. The first-order chi connectivity index (χ1) is 11.8. The van der Waals surface area contributed by atoms with Gasteiger partial charge in [0.2, 0.25) is 5.91 Å². The van der Waals surface area contributed by atoms with Gasteiger partial charge >= 0.3 is 0 Å². The van der Waals surface area contributed by atoms with Gasteiger partial charge in [0.15, 0.2) is 5.82 Å². The second-order valence-corrected chi connectivity index (χ2v) is 7.20. The maximum Gasteiger partial charge on any atom is 0.246 e. The molecule has 126 valence electrons. The molecule has 0 N–H and O–H groups in total. The van der Waals surface area contributed by atoms with Crippen molar-refractivity contribution in [1.29, 1.82) is 0 Å². The number of piperazine rings is 1. The van der Waals surface area contributed by atoms with E-state index in [1.807, 2.05) is 33.2 Å². The molecule has 8 heteroatoms. The van der Waals surface area contributed by atoms with Crippen LogP contribution < -0.4 is 0 Å². The highest BCUT2D eigenvalue weighted by molar-refractivity contribution is 7.10. The van der Waals surface area contributed by atoms with E-state index in [-0.39, 0.29) is 5.91 Å². The average Bonchev–Trinajstić information content (AvgIpc) is 3.12. The Morgan fingerprint density at radius 3 is 2.83 bits per heavy atom. The summed E-state index contributed by atoms with van der Waals surface area (Å²) in [5.41, 5.74) is 0. The molecule has 0 spiro atoms. The van der Waals surface area contributed by atoms with E-state index in [0.29, 0.717) is 6.04 Å². The minimum absolute atomic E-state index is 0.0888. The summed E-state index contributed by atoms with van der Waals surface area (Å²) >= 11 is 1.64. The van der Waals surface area contributed by atoms with E-state index in [4.69, 9.17) is 0 Å². The quantitative estimate of drug-likeness (QED) is 0.768. The van der Waals surface area contributed by atoms with Crippen LogP contribution in [-0.2, 0) is 11.3 Å². The van der Waals surface area contributed by atoms with Gasteiger partial charge in [-0.15, -0.1) is 16.4 Å². The number of thiophene rings is 1. The maximum atomic E-state index is 12.3. The van der Waals surface area contributed by atoms with Crippen molar-refractivity contribution in [1.82, 2.24) is 30.0 Å². The van der Waals surface area contributed by atoms with Crippen LogP contribution in [0.4, 0.5) is 0 Å². The summed E-state index contributed by atoms with van der Waals surface area (Å²) in [7, 11) is 0. The smallest absolute Gasteiger partial charge is 0.246 e. The predicted octanol–water partition coefficient (Wildman–Crippen LogP) is 1.43. The molecule has 2 fully saturated rings. The van der Waals surface area contributed by atoms with Gasteiger partial charge in [0.1, 0.15) is 0 Å². The van der Waals surface area contributed by atoms with E-state index in [1.54, 1.807) is 17.4 Å². The molecule has 2 aromatic heterocycles. The standard InChI is InChI=1S/C16H20N6OS/c23-16(6-5-14-2-1-11-24-14)21-9-7-20(8-10-21)12-15-17-18-19-22(15)13-3-4-13/h1-2,5-6,11,13H,3-4,7-10,12H2. The molecular formula is C16H20N6OS. The second-order valence-electron chi connectivity index (χ2n) is 6.22. The van der Waals surface area contributed by atoms with Gasteiger partial charge in [-0.25, -0.2) is 4.68 Å². The number of tetrazole rings is 1. The summed E-state index contributed by atoms with van der Waals surface area (Å²) in [5.74, 6) is 1.03. The van der Waals surface area contributed by atoms with Gasteiger partial charge < -0.3 is 4.90 Å². The molecule has 2 aliphatic rings. The number of carbonyl (C=O) groups excluding carboxylic acids is 1. The molecule has 1 amide bonds. The molecule has 1 saturated carbocycles. The van der Waals surface area contributed by atoms with E-state index in [9.17, 15) is 4.79 Å². The Morgan fingerprint density at radius 1 is 1.29 bits per heavy atom. The first kappa shape index (κ1) is 15.5. The van der Waals surface area contributed by atoms with E-state index in [1.165, 1.54) is 12.8 Å². The predicted molar refractivity (Wildman–Crippen MR) is 91.3 cm³/mol. The lowest BCUT2D eigenvalue weighted by Crippen LogP contribution is -2.48. The van der Waals surface area contributed by atoms with Crippen LogP contribution in [0.25, 0.3) is 6.08 Å². The molecule has 7 nitrogen and oxygen atoms in total. The van der Waals surface area contributed by atoms with Gasteiger partial charge in [0, 0.05) is 37.1 Å². The van der Waals surface area contributed by atoms with E-state index in [0.717, 1.165) is 43.4 Å². The van der Waals surface area contributed by atoms with E-state index in [2.05, 4.69) is 20.4 Å². The Morgan fingerprint density at radius 2 is 2.12 bits per heavy atom. The van der Waals surface area contributed by atoms with Gasteiger partial charge in [-0.2, -0.15) is 0 Å². The van der Waals surface area contributed by atoms with Crippen molar-refractivity contribution in [2.24, 2.45) is 0 Å². The molecule has 4 rings (SSSR count). The number of amides is 1. The topological polar surface area (TPSA) is 67.2 Å². The Bertz CT molecular complexity index is 713. The number of hydrogen-bond acceptors (Lipinski definition) is 6. The van der Waals surface area contributed by atoms with Crippen LogP contribution in [0.1, 0.15) is 29.6 Å². The fourth-order valence-electron chi connectivity index (χ4n) is 2.89. The zero-order chi connectivity index (χ0) is 16.4. The molecule has 1 aliphatic heterocycles. The third-order valence-electron chi connectivity index (χ3n) is 4.44. The van der Waals surface area contributed by atoms with Crippen LogP contribution in [0, 0.1) is 0 Å². The minimum Gasteiger partial charge on any atom is -0.337 e. The summed E-state index contributed by atoms with van der Waals surface area (Å²) in [4.78, 5) is 17.6. The molecule has 0 unspecified atom stereocenters. The number of aromatic nitrogens is 4. The second kappa shape index (κ2) is 6.82. The van der Waals surface area contributed by atoms with Crippen molar-refractivity contribution in [3.63, 3.8) is 0 Å². The molecule has 0 radical (unpaired) electrons. The molecule has 0 bridgehead atoms. The zero-order valence-corrected chi connectivity index (χ0v) is 14.2. The molecule has 3 heterocycles. The van der Waals surface area contributed by atoms with Crippen LogP contribution in [0.3, 0.4) is 0 Å². The van der Waals surface area contributed by atoms with Crippen LogP contribution in [0.2, 0.25) is 0 Å². The van der Waals surface area contributed by atoms with Gasteiger partial charge in [-0.3, -0.25) is 9.69 Å². The highest BCUT2D eigenvalue weighted by Crippen LogP contribution is 2.34. The van der Waals surface area contributed by atoms with Crippen molar-refractivity contribution in [2.75, 3.05) is 26.2 Å². The number of carbonyl (C=O) groups is 1. The SMILES string of the molecule is O=C(C=Cc1cccs1)N1CCN(Cc2nnnn2C2CC2)CC1. The minimum atomic E-state index is 0.0888. The van der Waals surface area contributed by atoms with Crippen molar-refractivity contribution >= 4 is 23.3 Å². The Kier molecular flexibility index (Phi) is 4.40. The molecule has 0 aromatic carbocycles. The lowest BCUT2D eigenvalue weighted by Gasteiger charge is -2.33. The van der Waals surface area contributed by atoms with Crippen molar-refractivity contribution in [2.45, 2.75) is 25.4 Å². The number of hydrogen-bond donors (Lipinski definition) is 0. The van der Waals surface area contributed by atoms with Crippen LogP contribution in [0.5, 0.6) is 0 Å². The van der Waals surface area contributed by atoms with Crippen molar-refractivity contribution in [3.8, 4) is 0 Å². The highest BCUT2D eigenvalue weighted by Gasteiger charge is 2.29. The fraction of sp³-hybridized carbons (Fsp3) is 0.500. The van der Waals surface area contributed by atoms with Crippen LogP contribution >= 0.6 is 11.3 Å². The van der Waals surface area contributed by atoms with E-state index >= 15 is 0 Å². The fourth-order valence-corrected chi connectivity index (χ4v) is 3.51. The molecule has 2 aromatic rings. The summed E-state index contributed by atoms with van der Waals surface area (Å²) in [6, 6.07) is 4.50. The molecule has 1 aliphatic carbocycles. The Hall–Kier alpha value is -2.06. The van der Waals surface area contributed by atoms with Gasteiger partial charge in [0.25, 0.3) is 0 Å². The molecular weight excluding hydrogens is 324 g/mol. The van der Waals surface area contributed by atoms with Crippen LogP contribution in [-0.4, -0.2) is 62.1 Å². The lowest BCUT2D eigenvalue weighted by atomic mass is 10.3.